The summed E-state index contributed by atoms with van der Waals surface area (Å²) in [6.45, 7) is 5.74. The van der Waals surface area contributed by atoms with Crippen LogP contribution in [0.1, 0.15) is 32.4 Å². The zero-order chi connectivity index (χ0) is 10.7. The van der Waals surface area contributed by atoms with Crippen molar-refractivity contribution >= 4 is 0 Å². The molecule has 0 fully saturated rings. The van der Waals surface area contributed by atoms with Gasteiger partial charge >= 0.3 is 0 Å². The molecule has 0 saturated heterocycles. The molecular formula is C11H17NO2. The number of rotatable bonds is 3. The lowest BCUT2D eigenvalue weighted by Gasteiger charge is -2.13. The predicted octanol–water partition coefficient (Wildman–Crippen LogP) is 2.20. The van der Waals surface area contributed by atoms with Crippen molar-refractivity contribution < 1.29 is 9.84 Å². The van der Waals surface area contributed by atoms with Gasteiger partial charge in [-0.25, -0.2) is 0 Å². The van der Waals surface area contributed by atoms with Gasteiger partial charge in [0, 0.05) is 11.6 Å². The summed E-state index contributed by atoms with van der Waals surface area (Å²) in [7, 11) is 0. The van der Waals surface area contributed by atoms with Gasteiger partial charge in [0.15, 0.2) is 0 Å². The first-order chi connectivity index (χ1) is 6.50. The van der Waals surface area contributed by atoms with E-state index < -0.39 is 0 Å². The van der Waals surface area contributed by atoms with Gasteiger partial charge < -0.3 is 15.6 Å². The Bertz CT molecular complexity index is 308. The lowest BCUT2D eigenvalue weighted by molar-refractivity contribution is 0.241. The van der Waals surface area contributed by atoms with E-state index in [1.54, 1.807) is 18.2 Å². The minimum Gasteiger partial charge on any atom is -0.508 e. The van der Waals surface area contributed by atoms with Crippen LogP contribution >= 0.6 is 0 Å². The van der Waals surface area contributed by atoms with Gasteiger partial charge in [-0.15, -0.1) is 0 Å². The fraction of sp³-hybridized carbons (Fsp3) is 0.455. The molecule has 0 radical (unpaired) electrons. The maximum atomic E-state index is 9.50. The van der Waals surface area contributed by atoms with Gasteiger partial charge in [-0.3, -0.25) is 0 Å². The largest absolute Gasteiger partial charge is 0.508 e. The standard InChI is InChI=1S/C11H17NO2/c1-7(2)14-9-4-5-11(13)10(6-9)8(3)12/h4-8,13H,12H2,1-3H3. The first-order valence-electron chi connectivity index (χ1n) is 4.76. The maximum Gasteiger partial charge on any atom is 0.120 e. The minimum absolute atomic E-state index is 0.125. The zero-order valence-corrected chi connectivity index (χ0v) is 8.82. The molecule has 1 atom stereocenters. The van der Waals surface area contributed by atoms with Crippen LogP contribution in [-0.4, -0.2) is 11.2 Å². The Morgan fingerprint density at radius 3 is 2.43 bits per heavy atom. The number of aromatic hydroxyl groups is 1. The van der Waals surface area contributed by atoms with E-state index in [1.165, 1.54) is 0 Å². The average molecular weight is 195 g/mol. The predicted molar refractivity (Wildman–Crippen MR) is 56.5 cm³/mol. The smallest absolute Gasteiger partial charge is 0.120 e. The molecule has 0 aliphatic heterocycles. The summed E-state index contributed by atoms with van der Waals surface area (Å²) in [5.74, 6) is 0.959. The third-order valence-corrected chi connectivity index (χ3v) is 1.86. The SMILES string of the molecule is CC(C)Oc1ccc(O)c(C(C)N)c1. The van der Waals surface area contributed by atoms with Crippen molar-refractivity contribution in [3.63, 3.8) is 0 Å². The molecule has 14 heavy (non-hydrogen) atoms. The van der Waals surface area contributed by atoms with Gasteiger partial charge in [-0.2, -0.15) is 0 Å². The van der Waals surface area contributed by atoms with Crippen molar-refractivity contribution in [2.45, 2.75) is 32.9 Å². The number of ether oxygens (including phenoxy) is 1. The summed E-state index contributed by atoms with van der Waals surface area (Å²) in [4.78, 5) is 0. The van der Waals surface area contributed by atoms with Crippen molar-refractivity contribution in [1.82, 2.24) is 0 Å². The summed E-state index contributed by atoms with van der Waals surface area (Å²) in [6, 6.07) is 4.93. The van der Waals surface area contributed by atoms with Gasteiger partial charge in [0.25, 0.3) is 0 Å². The number of phenols is 1. The molecule has 1 aromatic rings. The third kappa shape index (κ3) is 2.64. The molecule has 0 aromatic heterocycles. The quantitative estimate of drug-likeness (QED) is 0.777. The molecule has 0 amide bonds. The molecule has 0 spiro atoms. The molecule has 0 heterocycles. The van der Waals surface area contributed by atoms with Crippen LogP contribution in [0.4, 0.5) is 0 Å². The molecule has 1 aromatic carbocycles. The number of hydrogen-bond donors (Lipinski definition) is 2. The average Bonchev–Trinajstić information content (AvgIpc) is 2.07. The Labute approximate surface area is 84.5 Å². The van der Waals surface area contributed by atoms with Crippen LogP contribution in [0.15, 0.2) is 18.2 Å². The third-order valence-electron chi connectivity index (χ3n) is 1.86. The van der Waals surface area contributed by atoms with Gasteiger partial charge in [-0.05, 0) is 39.0 Å². The first-order valence-corrected chi connectivity index (χ1v) is 4.76. The second kappa shape index (κ2) is 4.33. The van der Waals surface area contributed by atoms with Crippen molar-refractivity contribution in [3.8, 4) is 11.5 Å². The Kier molecular flexibility index (Phi) is 3.36. The van der Waals surface area contributed by atoms with Crippen LogP contribution in [0, 0.1) is 0 Å². The van der Waals surface area contributed by atoms with E-state index in [-0.39, 0.29) is 17.9 Å². The lowest BCUT2D eigenvalue weighted by atomic mass is 10.1. The summed E-state index contributed by atoms with van der Waals surface area (Å²) in [6.07, 6.45) is 0.125. The zero-order valence-electron chi connectivity index (χ0n) is 8.82. The summed E-state index contributed by atoms with van der Waals surface area (Å²) < 4.78 is 5.49. The molecule has 3 N–H and O–H groups in total. The highest BCUT2D eigenvalue weighted by molar-refractivity contribution is 5.40. The first kappa shape index (κ1) is 10.9. The molecule has 0 bridgehead atoms. The Hall–Kier alpha value is -1.22. The van der Waals surface area contributed by atoms with Crippen LogP contribution in [0.5, 0.6) is 11.5 Å². The highest BCUT2D eigenvalue weighted by Crippen LogP contribution is 2.27. The molecule has 3 heteroatoms. The highest BCUT2D eigenvalue weighted by atomic mass is 16.5. The van der Waals surface area contributed by atoms with Crippen LogP contribution < -0.4 is 10.5 Å². The number of nitrogens with two attached hydrogens (primary N) is 1. The summed E-state index contributed by atoms with van der Waals surface area (Å²) >= 11 is 0. The fourth-order valence-corrected chi connectivity index (χ4v) is 1.24. The van der Waals surface area contributed by atoms with E-state index in [9.17, 15) is 5.11 Å². The van der Waals surface area contributed by atoms with Crippen molar-refractivity contribution in [2.75, 3.05) is 0 Å². The molecule has 78 valence electrons. The monoisotopic (exact) mass is 195 g/mol. The molecule has 1 rings (SSSR count). The molecule has 0 saturated carbocycles. The molecule has 3 nitrogen and oxygen atoms in total. The van der Waals surface area contributed by atoms with Gasteiger partial charge in [-0.1, -0.05) is 0 Å². The fourth-order valence-electron chi connectivity index (χ4n) is 1.24. The molecular weight excluding hydrogens is 178 g/mol. The normalized spacial score (nSPS) is 12.9. The Morgan fingerprint density at radius 1 is 1.29 bits per heavy atom. The molecule has 1 unspecified atom stereocenters. The van der Waals surface area contributed by atoms with E-state index in [0.29, 0.717) is 5.56 Å². The molecule has 0 aliphatic rings. The summed E-state index contributed by atoms with van der Waals surface area (Å²) in [5, 5.41) is 9.50. The Morgan fingerprint density at radius 2 is 1.93 bits per heavy atom. The van der Waals surface area contributed by atoms with E-state index in [0.717, 1.165) is 5.75 Å². The summed E-state index contributed by atoms with van der Waals surface area (Å²) in [5.41, 5.74) is 6.41. The van der Waals surface area contributed by atoms with Gasteiger partial charge in [0.2, 0.25) is 0 Å². The van der Waals surface area contributed by atoms with Gasteiger partial charge in [0.05, 0.1) is 6.10 Å². The van der Waals surface area contributed by atoms with Crippen LogP contribution in [-0.2, 0) is 0 Å². The second-order valence-electron chi connectivity index (χ2n) is 3.68. The number of phenolic OH excluding ortho intramolecular Hbond substituents is 1. The van der Waals surface area contributed by atoms with E-state index in [4.69, 9.17) is 10.5 Å². The van der Waals surface area contributed by atoms with E-state index in [1.807, 2.05) is 20.8 Å². The van der Waals surface area contributed by atoms with Crippen molar-refractivity contribution in [2.24, 2.45) is 5.73 Å². The second-order valence-corrected chi connectivity index (χ2v) is 3.68. The lowest BCUT2D eigenvalue weighted by Crippen LogP contribution is -2.08. The Balaban J connectivity index is 2.94. The van der Waals surface area contributed by atoms with Crippen molar-refractivity contribution in [1.29, 1.82) is 0 Å². The van der Waals surface area contributed by atoms with E-state index in [2.05, 4.69) is 0 Å². The maximum absolute atomic E-state index is 9.50. The van der Waals surface area contributed by atoms with Crippen LogP contribution in [0.3, 0.4) is 0 Å². The molecule has 0 aliphatic carbocycles. The van der Waals surface area contributed by atoms with Crippen LogP contribution in [0.2, 0.25) is 0 Å². The topological polar surface area (TPSA) is 55.5 Å². The van der Waals surface area contributed by atoms with Gasteiger partial charge in [0.1, 0.15) is 11.5 Å². The number of benzene rings is 1. The van der Waals surface area contributed by atoms with Crippen molar-refractivity contribution in [3.05, 3.63) is 23.8 Å². The highest BCUT2D eigenvalue weighted by Gasteiger charge is 2.08. The van der Waals surface area contributed by atoms with Crippen LogP contribution in [0.25, 0.3) is 0 Å². The van der Waals surface area contributed by atoms with E-state index >= 15 is 0 Å². The number of hydrogen-bond acceptors (Lipinski definition) is 3. The minimum atomic E-state index is -0.189.